The van der Waals surface area contributed by atoms with Crippen molar-refractivity contribution in [1.29, 1.82) is 0 Å². The first-order chi connectivity index (χ1) is 13.8. The van der Waals surface area contributed by atoms with Crippen LogP contribution in [0.4, 0.5) is 4.39 Å². The molecular formula is C23H31FN4O. The number of nitrogens with zero attached hydrogens (tertiary/aromatic N) is 4. The molecule has 6 heteroatoms. The fourth-order valence-corrected chi connectivity index (χ4v) is 5.07. The minimum atomic E-state index is -0.270. The Hall–Kier alpha value is -2.21. The summed E-state index contributed by atoms with van der Waals surface area (Å²) < 4.78 is 16.0. The van der Waals surface area contributed by atoms with E-state index >= 15 is 0 Å². The van der Waals surface area contributed by atoms with Crippen LogP contribution in [0.2, 0.25) is 0 Å². The molecule has 2 saturated heterocycles. The molecule has 1 aromatic heterocycles. The molecule has 3 heterocycles. The monoisotopic (exact) mass is 398 g/mol. The van der Waals surface area contributed by atoms with Crippen LogP contribution in [-0.2, 0) is 11.3 Å². The number of benzene rings is 1. The Balaban J connectivity index is 1.57. The van der Waals surface area contributed by atoms with Gasteiger partial charge < -0.3 is 4.90 Å². The quantitative estimate of drug-likeness (QED) is 0.786. The molecule has 0 radical (unpaired) electrons. The maximum absolute atomic E-state index is 14.1. The lowest BCUT2D eigenvalue weighted by atomic mass is 9.78. The minimum Gasteiger partial charge on any atom is -0.340 e. The zero-order valence-corrected chi connectivity index (χ0v) is 17.9. The van der Waals surface area contributed by atoms with Gasteiger partial charge in [0.15, 0.2) is 0 Å². The van der Waals surface area contributed by atoms with Gasteiger partial charge in [0.2, 0.25) is 5.91 Å². The van der Waals surface area contributed by atoms with Crippen molar-refractivity contribution in [3.8, 4) is 5.69 Å². The zero-order chi connectivity index (χ0) is 20.8. The van der Waals surface area contributed by atoms with E-state index in [9.17, 15) is 9.18 Å². The topological polar surface area (TPSA) is 41.4 Å². The lowest BCUT2D eigenvalue weighted by molar-refractivity contribution is -0.147. The molecule has 4 rings (SSSR count). The van der Waals surface area contributed by atoms with Gasteiger partial charge in [-0.25, -0.2) is 9.07 Å². The molecule has 2 aliphatic rings. The molecule has 2 aliphatic heterocycles. The Kier molecular flexibility index (Phi) is 5.23. The van der Waals surface area contributed by atoms with Gasteiger partial charge in [0.05, 0.1) is 16.8 Å². The molecule has 2 aromatic rings. The van der Waals surface area contributed by atoms with E-state index in [1.807, 2.05) is 35.6 Å². The van der Waals surface area contributed by atoms with Crippen molar-refractivity contribution >= 4 is 5.91 Å². The third-order valence-corrected chi connectivity index (χ3v) is 6.50. The van der Waals surface area contributed by atoms with Gasteiger partial charge >= 0.3 is 0 Å². The van der Waals surface area contributed by atoms with E-state index in [0.717, 1.165) is 61.5 Å². The molecule has 1 aromatic carbocycles. The summed E-state index contributed by atoms with van der Waals surface area (Å²) in [5.41, 5.74) is 3.53. The molecule has 0 aliphatic carbocycles. The van der Waals surface area contributed by atoms with Crippen LogP contribution in [0.15, 0.2) is 24.3 Å². The number of aromatic nitrogens is 2. The standard InChI is InChI=1S/C23H31FN4O/c1-16(2)27-10-5-8-23(22(27)29)9-11-26(15-23)14-19-13-20(24)6-7-21(19)28-18(4)12-17(3)25-28/h6-7,12-13,16H,5,8-11,14-15H2,1-4H3/t23-/m1/s1. The summed E-state index contributed by atoms with van der Waals surface area (Å²) in [5, 5.41) is 4.59. The van der Waals surface area contributed by atoms with E-state index < -0.39 is 0 Å². The number of hydrogen-bond acceptors (Lipinski definition) is 3. The summed E-state index contributed by atoms with van der Waals surface area (Å²) in [4.78, 5) is 17.6. The van der Waals surface area contributed by atoms with Crippen LogP contribution in [0, 0.1) is 25.1 Å². The van der Waals surface area contributed by atoms with E-state index in [1.54, 1.807) is 6.07 Å². The number of likely N-dealkylation sites (tertiary alicyclic amines) is 2. The number of halogens is 1. The van der Waals surface area contributed by atoms with Crippen LogP contribution in [-0.4, -0.2) is 51.2 Å². The van der Waals surface area contributed by atoms with Gasteiger partial charge in [0.1, 0.15) is 5.82 Å². The van der Waals surface area contributed by atoms with E-state index in [2.05, 4.69) is 23.8 Å². The Labute approximate surface area is 172 Å². The van der Waals surface area contributed by atoms with Crippen molar-refractivity contribution in [2.75, 3.05) is 19.6 Å². The highest BCUT2D eigenvalue weighted by molar-refractivity contribution is 5.84. The lowest BCUT2D eigenvalue weighted by Crippen LogP contribution is -2.52. The molecule has 1 spiro atoms. The van der Waals surface area contributed by atoms with Crippen molar-refractivity contribution in [1.82, 2.24) is 19.6 Å². The summed E-state index contributed by atoms with van der Waals surface area (Å²) in [5.74, 6) is 0.0678. The van der Waals surface area contributed by atoms with Crippen molar-refractivity contribution in [2.24, 2.45) is 5.41 Å². The number of piperidine rings is 1. The SMILES string of the molecule is Cc1cc(C)n(-c2ccc(F)cc2CN2CC[C@]3(CCCN(C(C)C)C3=O)C2)n1. The van der Waals surface area contributed by atoms with Crippen molar-refractivity contribution in [3.05, 3.63) is 47.0 Å². The lowest BCUT2D eigenvalue weighted by Gasteiger charge is -2.41. The number of carbonyl (C=O) groups excluding carboxylic acids is 1. The molecule has 1 amide bonds. The maximum Gasteiger partial charge on any atom is 0.230 e. The minimum absolute atomic E-state index is 0.237. The Morgan fingerprint density at radius 2 is 1.97 bits per heavy atom. The largest absolute Gasteiger partial charge is 0.340 e. The van der Waals surface area contributed by atoms with E-state index in [0.29, 0.717) is 12.5 Å². The number of hydrogen-bond donors (Lipinski definition) is 0. The van der Waals surface area contributed by atoms with Crippen molar-refractivity contribution < 1.29 is 9.18 Å². The first kappa shape index (κ1) is 20.1. The molecule has 156 valence electrons. The second-order valence-electron chi connectivity index (χ2n) is 9.05. The second kappa shape index (κ2) is 7.56. The van der Waals surface area contributed by atoms with Gasteiger partial charge in [-0.1, -0.05) is 0 Å². The van der Waals surface area contributed by atoms with E-state index in [4.69, 9.17) is 0 Å². The molecule has 0 saturated carbocycles. The van der Waals surface area contributed by atoms with Gasteiger partial charge in [-0.05, 0) is 83.3 Å². The van der Waals surface area contributed by atoms with Crippen LogP contribution in [0.1, 0.15) is 50.1 Å². The molecule has 5 nitrogen and oxygen atoms in total. The molecule has 1 atom stereocenters. The van der Waals surface area contributed by atoms with Crippen LogP contribution >= 0.6 is 0 Å². The third-order valence-electron chi connectivity index (χ3n) is 6.50. The summed E-state index contributed by atoms with van der Waals surface area (Å²) in [6.07, 6.45) is 2.91. The van der Waals surface area contributed by atoms with E-state index in [-0.39, 0.29) is 17.3 Å². The summed E-state index contributed by atoms with van der Waals surface area (Å²) >= 11 is 0. The summed E-state index contributed by atoms with van der Waals surface area (Å²) in [6.45, 7) is 11.3. The molecule has 0 N–H and O–H groups in total. The molecule has 2 fully saturated rings. The van der Waals surface area contributed by atoms with Crippen molar-refractivity contribution in [2.45, 2.75) is 59.5 Å². The average Bonchev–Trinajstić information content (AvgIpc) is 3.21. The molecule has 29 heavy (non-hydrogen) atoms. The summed E-state index contributed by atoms with van der Waals surface area (Å²) in [6, 6.07) is 7.18. The van der Waals surface area contributed by atoms with Gasteiger partial charge in [0.25, 0.3) is 0 Å². The first-order valence-corrected chi connectivity index (χ1v) is 10.6. The predicted molar refractivity (Wildman–Crippen MR) is 111 cm³/mol. The van der Waals surface area contributed by atoms with Crippen LogP contribution < -0.4 is 0 Å². The fraction of sp³-hybridized carbons (Fsp3) is 0.565. The maximum atomic E-state index is 14.1. The number of aryl methyl sites for hydroxylation is 2. The van der Waals surface area contributed by atoms with Gasteiger partial charge in [-0.3, -0.25) is 9.69 Å². The van der Waals surface area contributed by atoms with Gasteiger partial charge in [0, 0.05) is 31.4 Å². The number of amides is 1. The second-order valence-corrected chi connectivity index (χ2v) is 9.05. The highest BCUT2D eigenvalue weighted by atomic mass is 19.1. The van der Waals surface area contributed by atoms with Gasteiger partial charge in [-0.15, -0.1) is 0 Å². The van der Waals surface area contributed by atoms with Gasteiger partial charge in [-0.2, -0.15) is 5.10 Å². The van der Waals surface area contributed by atoms with Crippen LogP contribution in [0.3, 0.4) is 0 Å². The van der Waals surface area contributed by atoms with Crippen LogP contribution in [0.5, 0.6) is 0 Å². The third kappa shape index (κ3) is 3.70. The number of rotatable bonds is 4. The fourth-order valence-electron chi connectivity index (χ4n) is 5.07. The zero-order valence-electron chi connectivity index (χ0n) is 17.9. The highest BCUT2D eigenvalue weighted by Crippen LogP contribution is 2.41. The number of carbonyl (C=O) groups is 1. The van der Waals surface area contributed by atoms with Crippen molar-refractivity contribution in [3.63, 3.8) is 0 Å². The Bertz CT molecular complexity index is 922. The van der Waals surface area contributed by atoms with E-state index in [1.165, 1.54) is 6.07 Å². The molecule has 0 unspecified atom stereocenters. The Morgan fingerprint density at radius 1 is 1.17 bits per heavy atom. The normalized spacial score (nSPS) is 23.0. The highest BCUT2D eigenvalue weighted by Gasteiger charge is 2.48. The summed E-state index contributed by atoms with van der Waals surface area (Å²) in [7, 11) is 0. The predicted octanol–water partition coefficient (Wildman–Crippen LogP) is 3.85. The smallest absolute Gasteiger partial charge is 0.230 e. The Morgan fingerprint density at radius 3 is 2.66 bits per heavy atom. The average molecular weight is 399 g/mol. The molecule has 0 bridgehead atoms. The first-order valence-electron chi connectivity index (χ1n) is 10.6. The molecular weight excluding hydrogens is 367 g/mol. The van der Waals surface area contributed by atoms with Crippen LogP contribution in [0.25, 0.3) is 5.69 Å².